The van der Waals surface area contributed by atoms with Crippen molar-refractivity contribution in [3.05, 3.63) is 12.3 Å². The Bertz CT molecular complexity index is 296. The van der Waals surface area contributed by atoms with Gasteiger partial charge in [0.05, 0.1) is 19.8 Å². The van der Waals surface area contributed by atoms with E-state index in [0.717, 1.165) is 0 Å². The maximum atomic E-state index is 9.36. The molecule has 0 radical (unpaired) electrons. The molecule has 0 fully saturated rings. The number of ether oxygens (including phenoxy) is 2. The molecular formula is C9H15N3O3. The lowest BCUT2D eigenvalue weighted by Gasteiger charge is -2.10. The van der Waals surface area contributed by atoms with E-state index in [1.807, 2.05) is 0 Å². The Labute approximate surface area is 88.3 Å². The molecule has 0 spiro atoms. The van der Waals surface area contributed by atoms with E-state index in [2.05, 4.69) is 15.3 Å². The summed E-state index contributed by atoms with van der Waals surface area (Å²) in [6, 6.07) is 1.65. The van der Waals surface area contributed by atoms with Gasteiger partial charge in [0.2, 0.25) is 11.8 Å². The number of hydrogen-bond acceptors (Lipinski definition) is 6. The first-order chi connectivity index (χ1) is 7.26. The van der Waals surface area contributed by atoms with Gasteiger partial charge < -0.3 is 19.9 Å². The van der Waals surface area contributed by atoms with E-state index in [0.29, 0.717) is 18.4 Å². The largest absolute Gasteiger partial charge is 0.481 e. The van der Waals surface area contributed by atoms with E-state index in [9.17, 15) is 5.11 Å². The van der Waals surface area contributed by atoms with Crippen LogP contribution in [0.5, 0.6) is 5.88 Å². The fourth-order valence-electron chi connectivity index (χ4n) is 1.00. The van der Waals surface area contributed by atoms with Crippen LogP contribution in [0.1, 0.15) is 0 Å². The monoisotopic (exact) mass is 213 g/mol. The first-order valence-electron chi connectivity index (χ1n) is 4.54. The molecule has 2 N–H and O–H groups in total. The summed E-state index contributed by atoms with van der Waals surface area (Å²) >= 11 is 0. The van der Waals surface area contributed by atoms with Crippen LogP contribution in [0.3, 0.4) is 0 Å². The summed E-state index contributed by atoms with van der Waals surface area (Å²) in [5.74, 6) is 0.901. The van der Waals surface area contributed by atoms with Gasteiger partial charge in [0.1, 0.15) is 0 Å². The number of nitrogens with one attached hydrogen (secondary N) is 1. The Morgan fingerprint density at radius 3 is 3.00 bits per heavy atom. The molecule has 6 heteroatoms. The van der Waals surface area contributed by atoms with Gasteiger partial charge >= 0.3 is 0 Å². The van der Waals surface area contributed by atoms with Gasteiger partial charge in [-0.2, -0.15) is 4.98 Å². The standard InChI is InChI=1S/C9H15N3O3/c1-14-6-7(13)5-11-9-10-4-3-8(12-9)15-2/h3-4,7,13H,5-6H2,1-2H3,(H,10,11,12). The van der Waals surface area contributed by atoms with Gasteiger partial charge in [0, 0.05) is 25.9 Å². The Kier molecular flexibility index (Phi) is 4.79. The van der Waals surface area contributed by atoms with Gasteiger partial charge in [0.15, 0.2) is 0 Å². The number of rotatable bonds is 6. The third-order valence-corrected chi connectivity index (χ3v) is 1.69. The fraction of sp³-hybridized carbons (Fsp3) is 0.556. The first kappa shape index (κ1) is 11.7. The Morgan fingerprint density at radius 2 is 2.33 bits per heavy atom. The van der Waals surface area contributed by atoms with Gasteiger partial charge in [-0.05, 0) is 0 Å². The van der Waals surface area contributed by atoms with E-state index < -0.39 is 6.10 Å². The number of aliphatic hydroxyl groups excluding tert-OH is 1. The summed E-state index contributed by atoms with van der Waals surface area (Å²) in [5.41, 5.74) is 0. The molecule has 0 saturated carbocycles. The number of nitrogens with zero attached hydrogens (tertiary/aromatic N) is 2. The molecule has 15 heavy (non-hydrogen) atoms. The van der Waals surface area contributed by atoms with E-state index >= 15 is 0 Å². The molecule has 1 heterocycles. The highest BCUT2D eigenvalue weighted by molar-refractivity contribution is 5.27. The second-order valence-corrected chi connectivity index (χ2v) is 2.91. The average Bonchev–Trinajstić information content (AvgIpc) is 2.27. The first-order valence-corrected chi connectivity index (χ1v) is 4.54. The highest BCUT2D eigenvalue weighted by atomic mass is 16.5. The molecule has 1 aromatic rings. The predicted octanol–water partition coefficient (Wildman–Crippen LogP) is -0.0956. The number of aliphatic hydroxyl groups is 1. The number of aromatic nitrogens is 2. The van der Waals surface area contributed by atoms with E-state index in [1.165, 1.54) is 14.2 Å². The van der Waals surface area contributed by atoms with Crippen molar-refractivity contribution < 1.29 is 14.6 Å². The predicted molar refractivity (Wildman–Crippen MR) is 55.0 cm³/mol. The zero-order chi connectivity index (χ0) is 11.1. The number of hydrogen-bond donors (Lipinski definition) is 2. The quantitative estimate of drug-likeness (QED) is 0.687. The third-order valence-electron chi connectivity index (χ3n) is 1.69. The zero-order valence-electron chi connectivity index (χ0n) is 8.80. The van der Waals surface area contributed by atoms with Crippen molar-refractivity contribution in [3.8, 4) is 5.88 Å². The van der Waals surface area contributed by atoms with Crippen LogP contribution in [0.2, 0.25) is 0 Å². The van der Waals surface area contributed by atoms with Crippen LogP contribution < -0.4 is 10.1 Å². The molecular weight excluding hydrogens is 198 g/mol. The molecule has 6 nitrogen and oxygen atoms in total. The van der Waals surface area contributed by atoms with Crippen LogP contribution in [-0.2, 0) is 4.74 Å². The molecule has 0 saturated heterocycles. The SMILES string of the molecule is COCC(O)CNc1nccc(OC)n1. The molecule has 1 rings (SSSR count). The molecule has 0 aliphatic carbocycles. The van der Waals surface area contributed by atoms with Crippen LogP contribution in [0.25, 0.3) is 0 Å². The smallest absolute Gasteiger partial charge is 0.226 e. The van der Waals surface area contributed by atoms with Crippen molar-refractivity contribution in [1.29, 1.82) is 0 Å². The summed E-state index contributed by atoms with van der Waals surface area (Å²) in [4.78, 5) is 7.99. The molecule has 0 amide bonds. The van der Waals surface area contributed by atoms with Crippen LogP contribution >= 0.6 is 0 Å². The highest BCUT2D eigenvalue weighted by Gasteiger charge is 2.04. The molecule has 1 aromatic heterocycles. The van der Waals surface area contributed by atoms with Gasteiger partial charge in [-0.1, -0.05) is 0 Å². The maximum absolute atomic E-state index is 9.36. The summed E-state index contributed by atoms with van der Waals surface area (Å²) in [6.07, 6.45) is 1.00. The average molecular weight is 213 g/mol. The van der Waals surface area contributed by atoms with Crippen molar-refractivity contribution in [3.63, 3.8) is 0 Å². The molecule has 0 aromatic carbocycles. The summed E-state index contributed by atoms with van der Waals surface area (Å²) in [7, 11) is 3.07. The fourth-order valence-corrected chi connectivity index (χ4v) is 1.00. The van der Waals surface area contributed by atoms with Crippen LogP contribution in [-0.4, -0.2) is 48.5 Å². The zero-order valence-corrected chi connectivity index (χ0v) is 8.80. The van der Waals surface area contributed by atoms with Crippen LogP contribution in [0.4, 0.5) is 5.95 Å². The molecule has 0 aliphatic rings. The number of anilines is 1. The number of methoxy groups -OCH3 is 2. The molecule has 1 atom stereocenters. The topological polar surface area (TPSA) is 76.5 Å². The van der Waals surface area contributed by atoms with E-state index in [-0.39, 0.29) is 6.61 Å². The Hall–Kier alpha value is -1.40. The van der Waals surface area contributed by atoms with Crippen molar-refractivity contribution >= 4 is 5.95 Å². The van der Waals surface area contributed by atoms with Gasteiger partial charge in [-0.3, -0.25) is 0 Å². The summed E-state index contributed by atoms with van der Waals surface area (Å²) in [5, 5.41) is 12.2. The van der Waals surface area contributed by atoms with Gasteiger partial charge in [-0.25, -0.2) is 4.98 Å². The molecule has 0 bridgehead atoms. The third kappa shape index (κ3) is 4.09. The minimum atomic E-state index is -0.579. The van der Waals surface area contributed by atoms with Gasteiger partial charge in [0.25, 0.3) is 0 Å². The van der Waals surface area contributed by atoms with Gasteiger partial charge in [-0.15, -0.1) is 0 Å². The molecule has 1 unspecified atom stereocenters. The minimum Gasteiger partial charge on any atom is -0.481 e. The molecule has 84 valence electrons. The van der Waals surface area contributed by atoms with E-state index in [1.54, 1.807) is 12.3 Å². The normalized spacial score (nSPS) is 12.2. The van der Waals surface area contributed by atoms with Crippen LogP contribution in [0.15, 0.2) is 12.3 Å². The lowest BCUT2D eigenvalue weighted by Crippen LogP contribution is -2.24. The van der Waals surface area contributed by atoms with Crippen molar-refractivity contribution in [2.75, 3.05) is 32.7 Å². The summed E-state index contributed by atoms with van der Waals surface area (Å²) < 4.78 is 9.71. The van der Waals surface area contributed by atoms with Crippen molar-refractivity contribution in [1.82, 2.24) is 9.97 Å². The summed E-state index contributed by atoms with van der Waals surface area (Å²) in [6.45, 7) is 0.609. The Morgan fingerprint density at radius 1 is 1.53 bits per heavy atom. The molecule has 0 aliphatic heterocycles. The van der Waals surface area contributed by atoms with Crippen LogP contribution in [0, 0.1) is 0 Å². The second-order valence-electron chi connectivity index (χ2n) is 2.91. The Balaban J connectivity index is 2.43. The lowest BCUT2D eigenvalue weighted by atomic mass is 10.4. The highest BCUT2D eigenvalue weighted by Crippen LogP contribution is 2.06. The maximum Gasteiger partial charge on any atom is 0.226 e. The minimum absolute atomic E-state index is 0.275. The van der Waals surface area contributed by atoms with E-state index in [4.69, 9.17) is 9.47 Å². The second kappa shape index (κ2) is 6.15. The van der Waals surface area contributed by atoms with Crippen molar-refractivity contribution in [2.24, 2.45) is 0 Å². The van der Waals surface area contributed by atoms with Crippen molar-refractivity contribution in [2.45, 2.75) is 6.10 Å². The lowest BCUT2D eigenvalue weighted by molar-refractivity contribution is 0.0726.